The predicted octanol–water partition coefficient (Wildman–Crippen LogP) is 5.55. The second-order valence-electron chi connectivity index (χ2n) is 5.72. The molecular weight excluding hydrogens is 306 g/mol. The molecule has 0 aliphatic rings. The molecule has 0 saturated carbocycles. The molecule has 2 aromatic heterocycles. The van der Waals surface area contributed by atoms with Gasteiger partial charge in [-0.25, -0.2) is 0 Å². The quantitative estimate of drug-likeness (QED) is 0.535. The van der Waals surface area contributed by atoms with Crippen molar-refractivity contribution in [2.24, 2.45) is 0 Å². The van der Waals surface area contributed by atoms with Gasteiger partial charge in [-0.15, -0.1) is 0 Å². The van der Waals surface area contributed by atoms with Crippen molar-refractivity contribution in [3.63, 3.8) is 0 Å². The molecule has 0 spiro atoms. The van der Waals surface area contributed by atoms with Gasteiger partial charge in [-0.1, -0.05) is 36.4 Å². The van der Waals surface area contributed by atoms with Crippen molar-refractivity contribution >= 4 is 11.4 Å². The number of hydrogen-bond acceptors (Lipinski definition) is 3. The van der Waals surface area contributed by atoms with Gasteiger partial charge in [0.2, 0.25) is 0 Å². The molecule has 4 aromatic rings. The van der Waals surface area contributed by atoms with Crippen LogP contribution in [0.25, 0.3) is 22.5 Å². The number of aromatic nitrogens is 2. The van der Waals surface area contributed by atoms with E-state index >= 15 is 0 Å². The van der Waals surface area contributed by atoms with Crippen molar-refractivity contribution in [2.75, 3.05) is 5.32 Å². The first kappa shape index (κ1) is 15.1. The topological polar surface area (TPSA) is 37.8 Å². The molecule has 0 aliphatic heterocycles. The summed E-state index contributed by atoms with van der Waals surface area (Å²) in [5.74, 6) is 0. The number of pyridine rings is 2. The largest absolute Gasteiger partial charge is 0.355 e. The molecule has 0 amide bonds. The van der Waals surface area contributed by atoms with E-state index in [1.807, 2.05) is 60.9 Å². The summed E-state index contributed by atoms with van der Waals surface area (Å²) in [6, 6.07) is 28.4. The van der Waals surface area contributed by atoms with Gasteiger partial charge in [0.05, 0.1) is 11.4 Å². The Morgan fingerprint density at radius 2 is 1.04 bits per heavy atom. The van der Waals surface area contributed by atoms with Crippen LogP contribution in [0, 0.1) is 0 Å². The summed E-state index contributed by atoms with van der Waals surface area (Å²) in [5.41, 5.74) is 6.17. The van der Waals surface area contributed by atoms with Gasteiger partial charge >= 0.3 is 0 Å². The SMILES string of the molecule is c1ccc(-c2cccc(Nc3cccc(-c4ccccn4)c3)c2)nc1. The Labute approximate surface area is 147 Å². The van der Waals surface area contributed by atoms with Crippen molar-refractivity contribution in [3.05, 3.63) is 97.3 Å². The van der Waals surface area contributed by atoms with E-state index in [2.05, 4.69) is 51.7 Å². The predicted molar refractivity (Wildman–Crippen MR) is 103 cm³/mol. The average Bonchev–Trinajstić information content (AvgIpc) is 2.70. The highest BCUT2D eigenvalue weighted by molar-refractivity contribution is 5.72. The van der Waals surface area contributed by atoms with Gasteiger partial charge in [0.15, 0.2) is 0 Å². The molecule has 0 radical (unpaired) electrons. The summed E-state index contributed by atoms with van der Waals surface area (Å²) in [6.45, 7) is 0. The molecular formula is C22H17N3. The second kappa shape index (κ2) is 6.97. The van der Waals surface area contributed by atoms with Gasteiger partial charge in [0.25, 0.3) is 0 Å². The zero-order chi connectivity index (χ0) is 16.9. The Balaban J connectivity index is 1.61. The Morgan fingerprint density at radius 1 is 0.520 bits per heavy atom. The Bertz CT molecular complexity index is 885. The number of hydrogen-bond donors (Lipinski definition) is 1. The van der Waals surface area contributed by atoms with Crippen LogP contribution in [0.1, 0.15) is 0 Å². The summed E-state index contributed by atoms with van der Waals surface area (Å²) in [4.78, 5) is 8.83. The maximum Gasteiger partial charge on any atom is 0.0702 e. The minimum Gasteiger partial charge on any atom is -0.355 e. The van der Waals surface area contributed by atoms with Crippen LogP contribution in [0.3, 0.4) is 0 Å². The summed E-state index contributed by atoms with van der Waals surface area (Å²) in [5, 5.41) is 3.47. The van der Waals surface area contributed by atoms with Gasteiger partial charge in [-0.2, -0.15) is 0 Å². The maximum atomic E-state index is 4.41. The van der Waals surface area contributed by atoms with Crippen LogP contribution in [0.5, 0.6) is 0 Å². The van der Waals surface area contributed by atoms with Gasteiger partial charge in [-0.3, -0.25) is 9.97 Å². The summed E-state index contributed by atoms with van der Waals surface area (Å²) in [7, 11) is 0. The lowest BCUT2D eigenvalue weighted by molar-refractivity contribution is 1.32. The van der Waals surface area contributed by atoms with E-state index in [1.54, 1.807) is 0 Å². The van der Waals surface area contributed by atoms with E-state index in [-0.39, 0.29) is 0 Å². The summed E-state index contributed by atoms with van der Waals surface area (Å²) >= 11 is 0. The molecule has 3 nitrogen and oxygen atoms in total. The van der Waals surface area contributed by atoms with E-state index in [1.165, 1.54) is 0 Å². The summed E-state index contributed by atoms with van der Waals surface area (Å²) < 4.78 is 0. The zero-order valence-electron chi connectivity index (χ0n) is 13.6. The molecule has 0 saturated heterocycles. The molecule has 2 aromatic carbocycles. The molecule has 1 N–H and O–H groups in total. The molecule has 2 heterocycles. The third-order valence-electron chi connectivity index (χ3n) is 3.94. The van der Waals surface area contributed by atoms with Crippen LogP contribution in [0.15, 0.2) is 97.3 Å². The highest BCUT2D eigenvalue weighted by Crippen LogP contribution is 2.26. The lowest BCUT2D eigenvalue weighted by Gasteiger charge is -2.10. The third-order valence-corrected chi connectivity index (χ3v) is 3.94. The Kier molecular flexibility index (Phi) is 4.21. The maximum absolute atomic E-state index is 4.41. The van der Waals surface area contributed by atoms with Crippen molar-refractivity contribution in [3.8, 4) is 22.5 Å². The van der Waals surface area contributed by atoms with Crippen LogP contribution in [-0.2, 0) is 0 Å². The number of rotatable bonds is 4. The van der Waals surface area contributed by atoms with Gasteiger partial charge in [0, 0.05) is 34.9 Å². The first-order chi connectivity index (χ1) is 12.4. The zero-order valence-corrected chi connectivity index (χ0v) is 13.6. The number of nitrogens with one attached hydrogen (secondary N) is 1. The average molecular weight is 323 g/mol. The fraction of sp³-hybridized carbons (Fsp3) is 0. The Hall–Kier alpha value is -3.46. The molecule has 0 bridgehead atoms. The molecule has 0 fully saturated rings. The van der Waals surface area contributed by atoms with Crippen molar-refractivity contribution in [1.29, 1.82) is 0 Å². The van der Waals surface area contributed by atoms with Crippen molar-refractivity contribution in [2.45, 2.75) is 0 Å². The van der Waals surface area contributed by atoms with E-state index in [0.29, 0.717) is 0 Å². The van der Waals surface area contributed by atoms with Crippen molar-refractivity contribution < 1.29 is 0 Å². The highest BCUT2D eigenvalue weighted by atomic mass is 14.9. The van der Waals surface area contributed by atoms with Crippen LogP contribution < -0.4 is 5.32 Å². The molecule has 4 rings (SSSR count). The van der Waals surface area contributed by atoms with Crippen LogP contribution in [0.2, 0.25) is 0 Å². The smallest absolute Gasteiger partial charge is 0.0702 e. The first-order valence-electron chi connectivity index (χ1n) is 8.18. The third kappa shape index (κ3) is 3.56. The standard InChI is InChI=1S/C22H17N3/c1-3-13-23-21(11-1)17-7-5-9-19(15-17)25-20-10-6-8-18(16-20)22-12-2-4-14-24-22/h1-16,25H. The molecule has 0 unspecified atom stereocenters. The molecule has 25 heavy (non-hydrogen) atoms. The van der Waals surface area contributed by atoms with Gasteiger partial charge in [0.1, 0.15) is 0 Å². The monoisotopic (exact) mass is 323 g/mol. The minimum absolute atomic E-state index is 0.966. The minimum atomic E-state index is 0.966. The van der Waals surface area contributed by atoms with Crippen molar-refractivity contribution in [1.82, 2.24) is 9.97 Å². The van der Waals surface area contributed by atoms with Crippen LogP contribution in [-0.4, -0.2) is 9.97 Å². The van der Waals surface area contributed by atoms with Crippen LogP contribution >= 0.6 is 0 Å². The molecule has 0 atom stereocenters. The van der Waals surface area contributed by atoms with E-state index < -0.39 is 0 Å². The van der Waals surface area contributed by atoms with E-state index in [9.17, 15) is 0 Å². The molecule has 3 heteroatoms. The van der Waals surface area contributed by atoms with Gasteiger partial charge in [-0.05, 0) is 48.5 Å². The normalized spacial score (nSPS) is 10.4. The number of benzene rings is 2. The lowest BCUT2D eigenvalue weighted by atomic mass is 10.1. The van der Waals surface area contributed by atoms with E-state index in [4.69, 9.17) is 0 Å². The van der Waals surface area contributed by atoms with Crippen LogP contribution in [0.4, 0.5) is 11.4 Å². The fourth-order valence-electron chi connectivity index (χ4n) is 2.75. The fourth-order valence-corrected chi connectivity index (χ4v) is 2.75. The number of anilines is 2. The lowest BCUT2D eigenvalue weighted by Crippen LogP contribution is -1.92. The summed E-state index contributed by atoms with van der Waals surface area (Å²) in [6.07, 6.45) is 3.62. The second-order valence-corrected chi connectivity index (χ2v) is 5.72. The Morgan fingerprint density at radius 3 is 1.48 bits per heavy atom. The number of nitrogens with zero attached hydrogens (tertiary/aromatic N) is 2. The molecule has 120 valence electrons. The first-order valence-corrected chi connectivity index (χ1v) is 8.18. The van der Waals surface area contributed by atoms with Gasteiger partial charge < -0.3 is 5.32 Å². The highest BCUT2D eigenvalue weighted by Gasteiger charge is 2.03. The van der Waals surface area contributed by atoms with E-state index in [0.717, 1.165) is 33.9 Å². The molecule has 0 aliphatic carbocycles.